The van der Waals surface area contributed by atoms with Crippen LogP contribution in [0.4, 0.5) is 11.6 Å². The topological polar surface area (TPSA) is 73.4 Å². The van der Waals surface area contributed by atoms with Crippen LogP contribution in [0.15, 0.2) is 0 Å². The van der Waals surface area contributed by atoms with Crippen LogP contribution >= 0.6 is 0 Å². The smallest absolute Gasteiger partial charge is 0.345 e. The Hall–Kier alpha value is -1.72. The Morgan fingerprint density at radius 2 is 2.10 bits per heavy atom. The quantitative estimate of drug-likeness (QED) is 0.807. The Balaban J connectivity index is 2.47. The molecule has 1 saturated carbocycles. The molecule has 2 rings (SSSR count). The molecule has 1 aliphatic rings. The zero-order valence-corrected chi connectivity index (χ0v) is 12.7. The predicted octanol–water partition coefficient (Wildman–Crippen LogP) is 2.07. The standard InChI is InChI=1S/C14H24N4O2/c1-5-17(6-2)13-11(14(19)20-4)12(15)18(16-13)9(3)10-7-8-10/h9-10H,5-8,15H2,1-4H3. The highest BCUT2D eigenvalue weighted by atomic mass is 16.5. The van der Waals surface area contributed by atoms with Gasteiger partial charge in [-0.3, -0.25) is 0 Å². The fourth-order valence-corrected chi connectivity index (χ4v) is 2.57. The molecule has 0 bridgehead atoms. The first-order chi connectivity index (χ1) is 9.54. The molecule has 20 heavy (non-hydrogen) atoms. The number of carbonyl (C=O) groups is 1. The molecule has 1 aliphatic carbocycles. The number of nitrogens with zero attached hydrogens (tertiary/aromatic N) is 3. The summed E-state index contributed by atoms with van der Waals surface area (Å²) >= 11 is 0. The van der Waals surface area contributed by atoms with Gasteiger partial charge in [0.25, 0.3) is 0 Å². The van der Waals surface area contributed by atoms with E-state index in [1.165, 1.54) is 20.0 Å². The van der Waals surface area contributed by atoms with Gasteiger partial charge in [0.1, 0.15) is 11.4 Å². The van der Waals surface area contributed by atoms with Gasteiger partial charge in [-0.25, -0.2) is 9.48 Å². The van der Waals surface area contributed by atoms with E-state index in [4.69, 9.17) is 10.5 Å². The van der Waals surface area contributed by atoms with Crippen LogP contribution in [0, 0.1) is 5.92 Å². The fraction of sp³-hybridized carbons (Fsp3) is 0.714. The molecule has 0 aromatic carbocycles. The number of rotatable bonds is 6. The number of esters is 1. The monoisotopic (exact) mass is 280 g/mol. The molecule has 0 amide bonds. The fourth-order valence-electron chi connectivity index (χ4n) is 2.57. The number of hydrogen-bond acceptors (Lipinski definition) is 5. The van der Waals surface area contributed by atoms with Crippen molar-refractivity contribution in [3.05, 3.63) is 5.56 Å². The summed E-state index contributed by atoms with van der Waals surface area (Å²) in [6.07, 6.45) is 2.41. The van der Waals surface area contributed by atoms with Gasteiger partial charge in [0.2, 0.25) is 0 Å². The van der Waals surface area contributed by atoms with Crippen LogP contribution in [0.1, 0.15) is 50.0 Å². The minimum atomic E-state index is -0.418. The number of carbonyl (C=O) groups excluding carboxylic acids is 1. The summed E-state index contributed by atoms with van der Waals surface area (Å²) in [5.74, 6) is 1.25. The van der Waals surface area contributed by atoms with Crippen LogP contribution in [0.3, 0.4) is 0 Å². The third-order valence-corrected chi connectivity index (χ3v) is 4.07. The molecule has 1 heterocycles. The predicted molar refractivity (Wildman–Crippen MR) is 79.0 cm³/mol. The van der Waals surface area contributed by atoms with Crippen LogP contribution in [0.2, 0.25) is 0 Å². The molecule has 1 unspecified atom stereocenters. The third kappa shape index (κ3) is 2.46. The number of hydrogen-bond donors (Lipinski definition) is 1. The van der Waals surface area contributed by atoms with E-state index < -0.39 is 5.97 Å². The van der Waals surface area contributed by atoms with Crippen LogP contribution < -0.4 is 10.6 Å². The van der Waals surface area contributed by atoms with E-state index in [1.807, 2.05) is 18.7 Å². The lowest BCUT2D eigenvalue weighted by atomic mass is 10.2. The maximum atomic E-state index is 12.0. The maximum absolute atomic E-state index is 12.0. The van der Waals surface area contributed by atoms with Crippen molar-refractivity contribution in [2.75, 3.05) is 30.8 Å². The molecule has 0 spiro atoms. The summed E-state index contributed by atoms with van der Waals surface area (Å²) in [5.41, 5.74) is 6.56. The average molecular weight is 280 g/mol. The molecule has 1 atom stereocenters. The molecule has 0 radical (unpaired) electrons. The molecular weight excluding hydrogens is 256 g/mol. The van der Waals surface area contributed by atoms with Crippen LogP contribution in [0.5, 0.6) is 0 Å². The highest BCUT2D eigenvalue weighted by Crippen LogP contribution is 2.41. The number of nitrogen functional groups attached to an aromatic ring is 1. The first-order valence-electron chi connectivity index (χ1n) is 7.26. The van der Waals surface area contributed by atoms with Crippen LogP contribution in [-0.2, 0) is 4.74 Å². The maximum Gasteiger partial charge on any atom is 0.345 e. The van der Waals surface area contributed by atoms with Crippen molar-refractivity contribution in [1.82, 2.24) is 9.78 Å². The highest BCUT2D eigenvalue weighted by molar-refractivity contribution is 5.99. The number of methoxy groups -OCH3 is 1. The van der Waals surface area contributed by atoms with E-state index in [-0.39, 0.29) is 6.04 Å². The number of ether oxygens (including phenoxy) is 1. The molecule has 1 fully saturated rings. The number of aromatic nitrogens is 2. The lowest BCUT2D eigenvalue weighted by Gasteiger charge is -2.19. The van der Waals surface area contributed by atoms with E-state index in [0.29, 0.717) is 23.1 Å². The van der Waals surface area contributed by atoms with E-state index in [9.17, 15) is 4.79 Å². The Labute approximate surface area is 119 Å². The molecule has 112 valence electrons. The molecule has 0 saturated heterocycles. The molecule has 1 aromatic rings. The summed E-state index contributed by atoms with van der Waals surface area (Å²) in [5, 5.41) is 4.60. The summed E-state index contributed by atoms with van der Waals surface area (Å²) < 4.78 is 6.66. The summed E-state index contributed by atoms with van der Waals surface area (Å²) in [7, 11) is 1.37. The molecule has 0 aliphatic heterocycles. The van der Waals surface area contributed by atoms with Crippen molar-refractivity contribution < 1.29 is 9.53 Å². The zero-order valence-electron chi connectivity index (χ0n) is 12.7. The minimum Gasteiger partial charge on any atom is -0.465 e. The largest absolute Gasteiger partial charge is 0.465 e. The molecule has 1 aromatic heterocycles. The second-order valence-electron chi connectivity index (χ2n) is 5.27. The second kappa shape index (κ2) is 5.73. The molecule has 6 heteroatoms. The van der Waals surface area contributed by atoms with Crippen molar-refractivity contribution in [3.63, 3.8) is 0 Å². The average Bonchev–Trinajstić information content (AvgIpc) is 3.24. The van der Waals surface area contributed by atoms with Gasteiger partial charge in [0.15, 0.2) is 5.82 Å². The number of anilines is 2. The van der Waals surface area contributed by atoms with Gasteiger partial charge in [0, 0.05) is 13.1 Å². The first kappa shape index (κ1) is 14.7. The van der Waals surface area contributed by atoms with Gasteiger partial charge >= 0.3 is 5.97 Å². The lowest BCUT2D eigenvalue weighted by molar-refractivity contribution is 0.0602. The highest BCUT2D eigenvalue weighted by Gasteiger charge is 2.34. The van der Waals surface area contributed by atoms with Crippen molar-refractivity contribution in [3.8, 4) is 0 Å². The van der Waals surface area contributed by atoms with Gasteiger partial charge in [-0.15, -0.1) is 0 Å². The Morgan fingerprint density at radius 1 is 1.50 bits per heavy atom. The summed E-state index contributed by atoms with van der Waals surface area (Å²) in [6, 6.07) is 0.225. The van der Waals surface area contributed by atoms with Crippen LogP contribution in [-0.4, -0.2) is 35.9 Å². The van der Waals surface area contributed by atoms with Crippen LogP contribution in [0.25, 0.3) is 0 Å². The second-order valence-corrected chi connectivity index (χ2v) is 5.27. The van der Waals surface area contributed by atoms with Gasteiger partial charge in [-0.1, -0.05) is 0 Å². The Morgan fingerprint density at radius 3 is 2.55 bits per heavy atom. The zero-order chi connectivity index (χ0) is 14.9. The van der Waals surface area contributed by atoms with E-state index in [1.54, 1.807) is 4.68 Å². The normalized spacial score (nSPS) is 16.0. The Bertz CT molecular complexity index is 490. The number of nitrogens with two attached hydrogens (primary N) is 1. The summed E-state index contributed by atoms with van der Waals surface area (Å²) in [4.78, 5) is 14.1. The van der Waals surface area contributed by atoms with Gasteiger partial charge in [0.05, 0.1) is 13.2 Å². The van der Waals surface area contributed by atoms with E-state index in [0.717, 1.165) is 13.1 Å². The first-order valence-corrected chi connectivity index (χ1v) is 7.26. The van der Waals surface area contributed by atoms with Gasteiger partial charge < -0.3 is 15.4 Å². The van der Waals surface area contributed by atoms with Gasteiger partial charge in [-0.2, -0.15) is 5.10 Å². The molecule has 2 N–H and O–H groups in total. The van der Waals surface area contributed by atoms with Gasteiger partial charge in [-0.05, 0) is 39.5 Å². The van der Waals surface area contributed by atoms with Crippen molar-refractivity contribution in [1.29, 1.82) is 0 Å². The van der Waals surface area contributed by atoms with E-state index >= 15 is 0 Å². The SMILES string of the molecule is CCN(CC)c1nn(C(C)C2CC2)c(N)c1C(=O)OC. The van der Waals surface area contributed by atoms with Crippen molar-refractivity contribution in [2.24, 2.45) is 5.92 Å². The van der Waals surface area contributed by atoms with Crippen molar-refractivity contribution >= 4 is 17.6 Å². The Kier molecular flexibility index (Phi) is 4.20. The summed E-state index contributed by atoms with van der Waals surface area (Å²) in [6.45, 7) is 7.71. The van der Waals surface area contributed by atoms with E-state index in [2.05, 4.69) is 12.0 Å². The molecular formula is C14H24N4O2. The minimum absolute atomic E-state index is 0.225. The molecule has 6 nitrogen and oxygen atoms in total. The lowest BCUT2D eigenvalue weighted by Crippen LogP contribution is -2.24. The third-order valence-electron chi connectivity index (χ3n) is 4.07. The van der Waals surface area contributed by atoms with Crippen molar-refractivity contribution in [2.45, 2.75) is 39.7 Å².